The molecule has 0 fully saturated rings. The molecule has 0 saturated carbocycles. The first-order valence-corrected chi connectivity index (χ1v) is 7.22. The molecule has 0 aliphatic rings. The molecular weight excluding hydrogens is 310 g/mol. The van der Waals surface area contributed by atoms with Crippen LogP contribution in [0.2, 0.25) is 0 Å². The van der Waals surface area contributed by atoms with Crippen LogP contribution < -0.4 is 14.2 Å². The second-order valence-electron chi connectivity index (χ2n) is 5.04. The molecule has 0 radical (unpaired) electrons. The largest absolute Gasteiger partial charge is 0.508 e. The minimum absolute atomic E-state index is 0.197. The number of methoxy groups -OCH3 is 3. The van der Waals surface area contributed by atoms with Crippen molar-refractivity contribution >= 4 is 0 Å². The quantitative estimate of drug-likeness (QED) is 0.769. The highest BCUT2D eigenvalue weighted by Gasteiger charge is 2.16. The number of nitrogens with zero attached hydrogens (tertiary/aromatic N) is 1. The summed E-state index contributed by atoms with van der Waals surface area (Å²) >= 11 is 0. The molecule has 3 aromatic rings. The summed E-state index contributed by atoms with van der Waals surface area (Å²) in [5.74, 6) is 2.40. The highest BCUT2D eigenvalue weighted by atomic mass is 16.5. The molecule has 1 aromatic heterocycles. The molecule has 1 heterocycles. The van der Waals surface area contributed by atoms with Gasteiger partial charge in [-0.3, -0.25) is 0 Å². The lowest BCUT2D eigenvalue weighted by Gasteiger charge is -2.13. The van der Waals surface area contributed by atoms with E-state index in [0.717, 1.165) is 11.1 Å². The molecule has 0 atom stereocenters. The van der Waals surface area contributed by atoms with Gasteiger partial charge < -0.3 is 23.8 Å². The number of aromatic hydroxyl groups is 1. The van der Waals surface area contributed by atoms with Crippen LogP contribution in [0.3, 0.4) is 0 Å². The Hall–Kier alpha value is -3.15. The van der Waals surface area contributed by atoms with Gasteiger partial charge in [0.25, 0.3) is 0 Å². The average Bonchev–Trinajstić information content (AvgIpc) is 3.11. The summed E-state index contributed by atoms with van der Waals surface area (Å²) in [5, 5.41) is 13.5. The monoisotopic (exact) mass is 327 g/mol. The van der Waals surface area contributed by atoms with Crippen LogP contribution in [0.5, 0.6) is 23.0 Å². The zero-order chi connectivity index (χ0) is 17.1. The fourth-order valence-electron chi connectivity index (χ4n) is 2.40. The first kappa shape index (κ1) is 15.7. The van der Waals surface area contributed by atoms with Crippen molar-refractivity contribution < 1.29 is 23.8 Å². The number of hydrogen-bond acceptors (Lipinski definition) is 6. The van der Waals surface area contributed by atoms with Crippen LogP contribution in [-0.4, -0.2) is 31.6 Å². The van der Waals surface area contributed by atoms with Crippen molar-refractivity contribution in [2.45, 2.75) is 0 Å². The van der Waals surface area contributed by atoms with Gasteiger partial charge in [0.1, 0.15) is 11.4 Å². The fraction of sp³-hybridized carbons (Fsp3) is 0.167. The Morgan fingerprint density at radius 3 is 2.00 bits per heavy atom. The Labute approximate surface area is 139 Å². The molecule has 24 heavy (non-hydrogen) atoms. The number of phenols is 1. The van der Waals surface area contributed by atoms with E-state index in [1.165, 1.54) is 0 Å². The number of rotatable bonds is 5. The van der Waals surface area contributed by atoms with Gasteiger partial charge in [-0.1, -0.05) is 5.16 Å². The zero-order valence-electron chi connectivity index (χ0n) is 13.6. The molecular formula is C18H17NO5. The summed E-state index contributed by atoms with van der Waals surface area (Å²) in [6, 6.07) is 12.1. The lowest BCUT2D eigenvalue weighted by molar-refractivity contribution is 0.324. The van der Waals surface area contributed by atoms with Crippen LogP contribution in [0, 0.1) is 0 Å². The van der Waals surface area contributed by atoms with Crippen LogP contribution in [-0.2, 0) is 0 Å². The number of hydrogen-bond donors (Lipinski definition) is 1. The van der Waals surface area contributed by atoms with Crippen molar-refractivity contribution in [2.75, 3.05) is 21.3 Å². The number of aromatic nitrogens is 1. The predicted octanol–water partition coefficient (Wildman–Crippen LogP) is 3.74. The molecule has 0 aliphatic carbocycles. The molecule has 0 bridgehead atoms. The average molecular weight is 327 g/mol. The highest BCUT2D eigenvalue weighted by Crippen LogP contribution is 2.41. The molecule has 3 rings (SSSR count). The maximum Gasteiger partial charge on any atom is 0.203 e. The third-order valence-electron chi connectivity index (χ3n) is 3.62. The van der Waals surface area contributed by atoms with E-state index in [1.807, 2.05) is 6.07 Å². The Balaban J connectivity index is 2.02. The minimum Gasteiger partial charge on any atom is -0.508 e. The summed E-state index contributed by atoms with van der Waals surface area (Å²) in [4.78, 5) is 0. The first-order valence-electron chi connectivity index (χ1n) is 7.22. The molecule has 1 N–H and O–H groups in total. The van der Waals surface area contributed by atoms with Gasteiger partial charge >= 0.3 is 0 Å². The van der Waals surface area contributed by atoms with Crippen LogP contribution >= 0.6 is 0 Å². The minimum atomic E-state index is 0.197. The van der Waals surface area contributed by atoms with Crippen LogP contribution in [0.15, 0.2) is 47.0 Å². The van der Waals surface area contributed by atoms with E-state index in [1.54, 1.807) is 57.7 Å². The number of phenolic OH excluding ortho intramolecular Hbond substituents is 1. The van der Waals surface area contributed by atoms with Gasteiger partial charge in [-0.05, 0) is 36.4 Å². The smallest absolute Gasteiger partial charge is 0.203 e. The van der Waals surface area contributed by atoms with E-state index in [2.05, 4.69) is 5.16 Å². The molecule has 0 spiro atoms. The first-order chi connectivity index (χ1) is 11.7. The molecule has 0 aliphatic heterocycles. The maximum absolute atomic E-state index is 9.37. The lowest BCUT2D eigenvalue weighted by Crippen LogP contribution is -1.95. The van der Waals surface area contributed by atoms with Crippen molar-refractivity contribution in [1.29, 1.82) is 0 Å². The molecule has 6 nitrogen and oxygen atoms in total. The molecule has 124 valence electrons. The Morgan fingerprint density at radius 2 is 1.46 bits per heavy atom. The van der Waals surface area contributed by atoms with E-state index in [0.29, 0.717) is 28.7 Å². The molecule has 2 aromatic carbocycles. The standard InChI is InChI=1S/C18H17NO5/c1-21-16-8-12(9-17(22-2)18(16)23-3)14-10-15(24-19-14)11-4-6-13(20)7-5-11/h4-10,20H,1-3H3. The Morgan fingerprint density at radius 1 is 0.833 bits per heavy atom. The van der Waals surface area contributed by atoms with Crippen LogP contribution in [0.4, 0.5) is 0 Å². The Bertz CT molecular complexity index is 814. The second-order valence-corrected chi connectivity index (χ2v) is 5.04. The highest BCUT2D eigenvalue weighted by molar-refractivity contribution is 5.71. The zero-order valence-corrected chi connectivity index (χ0v) is 13.6. The Kier molecular flexibility index (Phi) is 4.29. The summed E-state index contributed by atoms with van der Waals surface area (Å²) in [5.41, 5.74) is 2.23. The SMILES string of the molecule is COc1cc(-c2cc(-c3ccc(O)cc3)on2)cc(OC)c1OC. The number of ether oxygens (including phenoxy) is 3. The fourth-order valence-corrected chi connectivity index (χ4v) is 2.40. The van der Waals surface area contributed by atoms with Crippen LogP contribution in [0.1, 0.15) is 0 Å². The van der Waals surface area contributed by atoms with Crippen molar-refractivity contribution in [2.24, 2.45) is 0 Å². The summed E-state index contributed by atoms with van der Waals surface area (Å²) < 4.78 is 21.4. The van der Waals surface area contributed by atoms with E-state index < -0.39 is 0 Å². The summed E-state index contributed by atoms with van der Waals surface area (Å²) in [6.07, 6.45) is 0. The molecule has 0 saturated heterocycles. The predicted molar refractivity (Wildman–Crippen MR) is 88.7 cm³/mol. The molecule has 0 unspecified atom stereocenters. The van der Waals surface area contributed by atoms with Crippen molar-refractivity contribution in [3.8, 4) is 45.6 Å². The van der Waals surface area contributed by atoms with Crippen molar-refractivity contribution in [1.82, 2.24) is 5.16 Å². The van der Waals surface area contributed by atoms with Gasteiger partial charge in [-0.2, -0.15) is 0 Å². The normalized spacial score (nSPS) is 10.5. The maximum atomic E-state index is 9.37. The van der Waals surface area contributed by atoms with Gasteiger partial charge in [0.15, 0.2) is 17.3 Å². The molecule has 0 amide bonds. The molecule has 6 heteroatoms. The summed E-state index contributed by atoms with van der Waals surface area (Å²) in [7, 11) is 4.68. The van der Waals surface area contributed by atoms with Gasteiger partial charge in [0, 0.05) is 17.2 Å². The summed E-state index contributed by atoms with van der Waals surface area (Å²) in [6.45, 7) is 0. The van der Waals surface area contributed by atoms with Gasteiger partial charge in [0.2, 0.25) is 5.75 Å². The van der Waals surface area contributed by atoms with E-state index in [9.17, 15) is 5.11 Å². The lowest BCUT2D eigenvalue weighted by atomic mass is 10.1. The third-order valence-corrected chi connectivity index (χ3v) is 3.62. The number of benzene rings is 2. The van der Waals surface area contributed by atoms with Crippen LogP contribution in [0.25, 0.3) is 22.6 Å². The van der Waals surface area contributed by atoms with Gasteiger partial charge in [-0.25, -0.2) is 0 Å². The topological polar surface area (TPSA) is 74.0 Å². The third kappa shape index (κ3) is 2.86. The van der Waals surface area contributed by atoms with E-state index in [-0.39, 0.29) is 5.75 Å². The van der Waals surface area contributed by atoms with E-state index in [4.69, 9.17) is 18.7 Å². The van der Waals surface area contributed by atoms with E-state index >= 15 is 0 Å². The van der Waals surface area contributed by atoms with Gasteiger partial charge in [0.05, 0.1) is 21.3 Å². The van der Waals surface area contributed by atoms with Crippen molar-refractivity contribution in [3.05, 3.63) is 42.5 Å². The second kappa shape index (κ2) is 6.54. The van der Waals surface area contributed by atoms with Crippen molar-refractivity contribution in [3.63, 3.8) is 0 Å². The van der Waals surface area contributed by atoms with Gasteiger partial charge in [-0.15, -0.1) is 0 Å².